The van der Waals surface area contributed by atoms with Gasteiger partial charge in [0.1, 0.15) is 17.5 Å². The minimum Gasteiger partial charge on any atom is -0.497 e. The zero-order valence-electron chi connectivity index (χ0n) is 15.6. The van der Waals surface area contributed by atoms with Crippen LogP contribution in [0.5, 0.6) is 11.5 Å². The van der Waals surface area contributed by atoms with Crippen molar-refractivity contribution in [1.29, 1.82) is 0 Å². The number of hydrazine groups is 1. The Morgan fingerprint density at radius 2 is 1.78 bits per heavy atom. The number of carbonyl (C=O) groups is 1. The first-order valence-electron chi connectivity index (χ1n) is 9.29. The SMILES string of the molecule is COc1ccc(C2CC(C(=O)N3CCC3c3cccc(OC)c3)NN2)cc1. The van der Waals surface area contributed by atoms with Crippen LogP contribution in [0.1, 0.15) is 36.1 Å². The van der Waals surface area contributed by atoms with Crippen LogP contribution in [-0.2, 0) is 4.79 Å². The lowest BCUT2D eigenvalue weighted by atomic mass is 9.92. The molecule has 6 heteroatoms. The molecule has 2 aromatic carbocycles. The predicted octanol–water partition coefficient (Wildman–Crippen LogP) is 2.58. The van der Waals surface area contributed by atoms with E-state index in [1.54, 1.807) is 14.2 Å². The maximum atomic E-state index is 13.0. The fourth-order valence-corrected chi connectivity index (χ4v) is 3.82. The van der Waals surface area contributed by atoms with Gasteiger partial charge >= 0.3 is 0 Å². The summed E-state index contributed by atoms with van der Waals surface area (Å²) in [5, 5.41) is 0. The zero-order valence-corrected chi connectivity index (χ0v) is 15.6. The molecule has 2 saturated heterocycles. The topological polar surface area (TPSA) is 62.8 Å². The van der Waals surface area contributed by atoms with Crippen LogP contribution in [0.2, 0.25) is 0 Å². The zero-order chi connectivity index (χ0) is 18.8. The van der Waals surface area contributed by atoms with Gasteiger partial charge in [-0.3, -0.25) is 4.79 Å². The molecule has 0 saturated carbocycles. The number of ether oxygens (including phenoxy) is 2. The highest BCUT2D eigenvalue weighted by Crippen LogP contribution is 2.36. The van der Waals surface area contributed by atoms with Crippen molar-refractivity contribution >= 4 is 5.91 Å². The summed E-state index contributed by atoms with van der Waals surface area (Å²) in [6.07, 6.45) is 1.72. The number of amides is 1. The summed E-state index contributed by atoms with van der Waals surface area (Å²) in [5.41, 5.74) is 8.72. The quantitative estimate of drug-likeness (QED) is 0.851. The third-order valence-electron chi connectivity index (χ3n) is 5.50. The molecule has 0 bridgehead atoms. The number of methoxy groups -OCH3 is 2. The average molecular weight is 367 g/mol. The molecule has 1 amide bonds. The first-order valence-corrected chi connectivity index (χ1v) is 9.29. The molecule has 4 rings (SSSR count). The number of carbonyl (C=O) groups excluding carboxylic acids is 1. The molecule has 3 atom stereocenters. The summed E-state index contributed by atoms with van der Waals surface area (Å²) >= 11 is 0. The van der Waals surface area contributed by atoms with Crippen LogP contribution < -0.4 is 20.3 Å². The lowest BCUT2D eigenvalue weighted by molar-refractivity contribution is -0.141. The van der Waals surface area contributed by atoms with E-state index in [4.69, 9.17) is 9.47 Å². The fourth-order valence-electron chi connectivity index (χ4n) is 3.82. The van der Waals surface area contributed by atoms with E-state index in [0.29, 0.717) is 0 Å². The van der Waals surface area contributed by atoms with Crippen molar-refractivity contribution in [3.05, 3.63) is 59.7 Å². The van der Waals surface area contributed by atoms with Crippen molar-refractivity contribution in [2.24, 2.45) is 0 Å². The van der Waals surface area contributed by atoms with Crippen LogP contribution in [-0.4, -0.2) is 37.6 Å². The normalized spacial score (nSPS) is 24.4. The Labute approximate surface area is 159 Å². The van der Waals surface area contributed by atoms with E-state index in [0.717, 1.165) is 42.0 Å². The van der Waals surface area contributed by atoms with Gasteiger partial charge in [-0.2, -0.15) is 0 Å². The summed E-state index contributed by atoms with van der Waals surface area (Å²) in [6.45, 7) is 0.798. The maximum Gasteiger partial charge on any atom is 0.241 e. The highest BCUT2D eigenvalue weighted by atomic mass is 16.5. The number of hydrogen-bond acceptors (Lipinski definition) is 5. The van der Waals surface area contributed by atoms with Gasteiger partial charge in [-0.05, 0) is 48.2 Å². The molecular formula is C21H25N3O3. The molecule has 2 aliphatic heterocycles. The van der Waals surface area contributed by atoms with Crippen molar-refractivity contribution in [2.45, 2.75) is 31.0 Å². The molecule has 2 N–H and O–H groups in total. The lowest BCUT2D eigenvalue weighted by Gasteiger charge is -2.42. The number of nitrogens with zero attached hydrogens (tertiary/aromatic N) is 1. The maximum absolute atomic E-state index is 13.0. The summed E-state index contributed by atoms with van der Waals surface area (Å²) in [4.78, 5) is 15.0. The fraction of sp³-hybridized carbons (Fsp3) is 0.381. The standard InChI is InChI=1S/C21H25N3O3/c1-26-16-8-6-14(7-9-16)18-13-19(23-22-18)21(25)24-11-10-20(24)15-4-3-5-17(12-15)27-2/h3-9,12,18-20,22-23H,10-11,13H2,1-2H3. The molecule has 27 heavy (non-hydrogen) atoms. The molecule has 0 radical (unpaired) electrons. The Morgan fingerprint density at radius 1 is 1.00 bits per heavy atom. The van der Waals surface area contributed by atoms with E-state index in [2.05, 4.69) is 16.9 Å². The van der Waals surface area contributed by atoms with Gasteiger partial charge in [0.25, 0.3) is 0 Å². The van der Waals surface area contributed by atoms with E-state index in [1.807, 2.05) is 47.4 Å². The number of benzene rings is 2. The minimum absolute atomic E-state index is 0.112. The van der Waals surface area contributed by atoms with Crippen molar-refractivity contribution < 1.29 is 14.3 Å². The summed E-state index contributed by atoms with van der Waals surface area (Å²) in [5.74, 6) is 1.81. The number of rotatable bonds is 5. The van der Waals surface area contributed by atoms with Crippen molar-refractivity contribution in [1.82, 2.24) is 15.8 Å². The smallest absolute Gasteiger partial charge is 0.241 e. The van der Waals surface area contributed by atoms with Gasteiger partial charge < -0.3 is 14.4 Å². The third kappa shape index (κ3) is 3.50. The van der Waals surface area contributed by atoms with E-state index in [9.17, 15) is 4.79 Å². The van der Waals surface area contributed by atoms with E-state index < -0.39 is 0 Å². The Kier molecular flexibility index (Phi) is 5.01. The Balaban J connectivity index is 1.41. The molecule has 6 nitrogen and oxygen atoms in total. The molecule has 2 fully saturated rings. The van der Waals surface area contributed by atoms with Crippen LogP contribution in [0.15, 0.2) is 48.5 Å². The lowest BCUT2D eigenvalue weighted by Crippen LogP contribution is -2.52. The molecule has 2 aromatic rings. The van der Waals surface area contributed by atoms with Crippen LogP contribution in [0, 0.1) is 0 Å². The second-order valence-corrected chi connectivity index (χ2v) is 7.02. The van der Waals surface area contributed by atoms with Gasteiger partial charge in [0.05, 0.1) is 20.3 Å². The average Bonchev–Trinajstić information content (AvgIpc) is 3.17. The van der Waals surface area contributed by atoms with Crippen molar-refractivity contribution in [3.8, 4) is 11.5 Å². The van der Waals surface area contributed by atoms with Crippen LogP contribution in [0.25, 0.3) is 0 Å². The first kappa shape index (κ1) is 17.8. The number of likely N-dealkylation sites (tertiary alicyclic amines) is 1. The first-order chi connectivity index (χ1) is 13.2. The molecule has 0 spiro atoms. The van der Waals surface area contributed by atoms with Gasteiger partial charge in [0.15, 0.2) is 0 Å². The van der Waals surface area contributed by atoms with E-state index in [-0.39, 0.29) is 24.0 Å². The van der Waals surface area contributed by atoms with Gasteiger partial charge in [-0.15, -0.1) is 0 Å². The molecular weight excluding hydrogens is 342 g/mol. The predicted molar refractivity (Wildman–Crippen MR) is 102 cm³/mol. The molecule has 142 valence electrons. The molecule has 2 heterocycles. The van der Waals surface area contributed by atoms with Crippen molar-refractivity contribution in [3.63, 3.8) is 0 Å². The summed E-state index contributed by atoms with van der Waals surface area (Å²) in [6, 6.07) is 16.0. The monoisotopic (exact) mass is 367 g/mol. The van der Waals surface area contributed by atoms with Crippen molar-refractivity contribution in [2.75, 3.05) is 20.8 Å². The van der Waals surface area contributed by atoms with E-state index in [1.165, 1.54) is 0 Å². The summed E-state index contributed by atoms with van der Waals surface area (Å²) < 4.78 is 10.5. The van der Waals surface area contributed by atoms with Crippen LogP contribution >= 0.6 is 0 Å². The highest BCUT2D eigenvalue weighted by Gasteiger charge is 2.40. The van der Waals surface area contributed by atoms with E-state index >= 15 is 0 Å². The van der Waals surface area contributed by atoms with Gasteiger partial charge in [0, 0.05) is 12.6 Å². The Hall–Kier alpha value is -2.57. The minimum atomic E-state index is -0.217. The molecule has 0 aliphatic carbocycles. The molecule has 0 aromatic heterocycles. The second kappa shape index (κ2) is 7.58. The third-order valence-corrected chi connectivity index (χ3v) is 5.50. The van der Waals surface area contributed by atoms with Gasteiger partial charge in [-0.25, -0.2) is 10.9 Å². The Morgan fingerprint density at radius 3 is 2.44 bits per heavy atom. The summed E-state index contributed by atoms with van der Waals surface area (Å²) in [7, 11) is 3.32. The van der Waals surface area contributed by atoms with Gasteiger partial charge in [0.2, 0.25) is 5.91 Å². The number of nitrogens with one attached hydrogen (secondary N) is 2. The second-order valence-electron chi connectivity index (χ2n) is 7.02. The highest BCUT2D eigenvalue weighted by molar-refractivity contribution is 5.83. The van der Waals surface area contributed by atoms with Crippen LogP contribution in [0.4, 0.5) is 0 Å². The largest absolute Gasteiger partial charge is 0.497 e. The molecule has 2 aliphatic rings. The number of hydrogen-bond donors (Lipinski definition) is 2. The Bertz CT molecular complexity index is 809. The molecule has 3 unspecified atom stereocenters. The van der Waals surface area contributed by atoms with Crippen LogP contribution in [0.3, 0.4) is 0 Å². The van der Waals surface area contributed by atoms with Gasteiger partial charge in [-0.1, -0.05) is 24.3 Å².